The number of sulfonamides is 1. The van der Waals surface area contributed by atoms with Crippen molar-refractivity contribution >= 4 is 38.1 Å². The Morgan fingerprint density at radius 3 is 2.43 bits per heavy atom. The highest BCUT2D eigenvalue weighted by molar-refractivity contribution is 7.93. The maximum Gasteiger partial charge on any atom is 0.265 e. The first-order valence-corrected chi connectivity index (χ1v) is 10.9. The normalized spacial score (nSPS) is 14.4. The van der Waals surface area contributed by atoms with Crippen molar-refractivity contribution in [3.8, 4) is 0 Å². The molecule has 144 valence electrons. The number of nitrogens with zero attached hydrogens (tertiary/aromatic N) is 1. The van der Waals surface area contributed by atoms with Crippen LogP contribution >= 0.6 is 0 Å². The van der Waals surface area contributed by atoms with Crippen molar-refractivity contribution in [1.82, 2.24) is 0 Å². The molecule has 0 unspecified atom stereocenters. The van der Waals surface area contributed by atoms with E-state index in [1.165, 1.54) is 9.87 Å². The van der Waals surface area contributed by atoms with Gasteiger partial charge in [0, 0.05) is 24.0 Å². The van der Waals surface area contributed by atoms with Crippen molar-refractivity contribution in [2.24, 2.45) is 0 Å². The number of carbonyl (C=O) groups is 1. The number of hydrogen-bond acceptors (Lipinski definition) is 3. The third-order valence-corrected chi connectivity index (χ3v) is 6.95. The number of nitrogens with one attached hydrogen (secondary N) is 1. The van der Waals surface area contributed by atoms with Crippen LogP contribution in [-0.4, -0.2) is 20.9 Å². The molecule has 0 atom stereocenters. The number of anilines is 2. The predicted octanol–water partition coefficient (Wildman–Crippen LogP) is 4.33. The fourth-order valence-corrected chi connectivity index (χ4v) is 5.38. The molecule has 0 aromatic heterocycles. The third kappa shape index (κ3) is 3.24. The highest BCUT2D eigenvalue weighted by atomic mass is 32.2. The summed E-state index contributed by atoms with van der Waals surface area (Å²) in [5, 5.41) is 4.55. The first-order chi connectivity index (χ1) is 13.5. The molecule has 1 aliphatic rings. The molecule has 1 aliphatic heterocycles. The Labute approximate surface area is 165 Å². The predicted molar refractivity (Wildman–Crippen MR) is 112 cm³/mol. The van der Waals surface area contributed by atoms with E-state index in [2.05, 4.69) is 12.2 Å². The van der Waals surface area contributed by atoms with Gasteiger partial charge in [0.15, 0.2) is 0 Å². The van der Waals surface area contributed by atoms with Crippen molar-refractivity contribution < 1.29 is 13.2 Å². The van der Waals surface area contributed by atoms with E-state index >= 15 is 0 Å². The van der Waals surface area contributed by atoms with Gasteiger partial charge in [-0.1, -0.05) is 43.3 Å². The van der Waals surface area contributed by atoms with Gasteiger partial charge in [0.05, 0.1) is 10.6 Å². The van der Waals surface area contributed by atoms with E-state index in [4.69, 9.17) is 0 Å². The molecule has 5 nitrogen and oxygen atoms in total. The SMILES string of the molecule is CCc1ccc(NC(=O)CCCN2c3cccc4cccc(c34)S2(=O)=O)cc1. The third-order valence-electron chi connectivity index (χ3n) is 5.09. The lowest BCUT2D eigenvalue weighted by atomic mass is 10.1. The summed E-state index contributed by atoms with van der Waals surface area (Å²) in [6.07, 6.45) is 1.66. The number of aryl methyl sites for hydroxylation is 1. The molecule has 1 amide bonds. The molecule has 0 radical (unpaired) electrons. The number of hydrogen-bond donors (Lipinski definition) is 1. The zero-order chi connectivity index (χ0) is 19.7. The summed E-state index contributed by atoms with van der Waals surface area (Å²) >= 11 is 0. The molecule has 1 N–H and O–H groups in total. The molecular weight excluding hydrogens is 372 g/mol. The van der Waals surface area contributed by atoms with Gasteiger partial charge in [-0.2, -0.15) is 0 Å². The van der Waals surface area contributed by atoms with E-state index in [-0.39, 0.29) is 18.9 Å². The van der Waals surface area contributed by atoms with Crippen molar-refractivity contribution in [2.75, 3.05) is 16.2 Å². The van der Waals surface area contributed by atoms with Gasteiger partial charge >= 0.3 is 0 Å². The second-order valence-corrected chi connectivity index (χ2v) is 8.74. The van der Waals surface area contributed by atoms with Crippen LogP contribution < -0.4 is 9.62 Å². The number of rotatable bonds is 6. The molecule has 0 bridgehead atoms. The average molecular weight is 394 g/mol. The smallest absolute Gasteiger partial charge is 0.265 e. The Balaban J connectivity index is 1.43. The summed E-state index contributed by atoms with van der Waals surface area (Å²) < 4.78 is 27.3. The van der Waals surface area contributed by atoms with Gasteiger partial charge in [-0.15, -0.1) is 0 Å². The van der Waals surface area contributed by atoms with Crippen LogP contribution in [-0.2, 0) is 21.2 Å². The second-order valence-electron chi connectivity index (χ2n) is 6.91. The Hall–Kier alpha value is -2.86. The molecule has 0 saturated carbocycles. The summed E-state index contributed by atoms with van der Waals surface area (Å²) in [4.78, 5) is 12.6. The lowest BCUT2D eigenvalue weighted by Gasteiger charge is -2.18. The Morgan fingerprint density at radius 1 is 1.00 bits per heavy atom. The standard InChI is InChI=1S/C22H22N2O3S/c1-2-16-11-13-18(14-12-16)23-21(25)10-5-15-24-19-8-3-6-17-7-4-9-20(22(17)19)28(24,26)27/h3-4,6-9,11-14H,2,5,10,15H2,1H3,(H,23,25). The van der Waals surface area contributed by atoms with Crippen LogP contribution in [0.1, 0.15) is 25.3 Å². The lowest BCUT2D eigenvalue weighted by molar-refractivity contribution is -0.116. The molecule has 0 aliphatic carbocycles. The summed E-state index contributed by atoms with van der Waals surface area (Å²) in [6.45, 7) is 2.36. The van der Waals surface area contributed by atoms with Gasteiger partial charge < -0.3 is 5.32 Å². The molecule has 28 heavy (non-hydrogen) atoms. The molecule has 1 heterocycles. The molecule has 3 aromatic carbocycles. The van der Waals surface area contributed by atoms with Gasteiger partial charge in [-0.05, 0) is 48.1 Å². The Morgan fingerprint density at radius 2 is 1.71 bits per heavy atom. The monoisotopic (exact) mass is 394 g/mol. The van der Waals surface area contributed by atoms with Crippen LogP contribution in [0.3, 0.4) is 0 Å². The van der Waals surface area contributed by atoms with Crippen LogP contribution in [0, 0.1) is 0 Å². The molecule has 6 heteroatoms. The minimum atomic E-state index is -3.56. The van der Waals surface area contributed by atoms with E-state index in [0.29, 0.717) is 17.0 Å². The van der Waals surface area contributed by atoms with Crippen molar-refractivity contribution in [1.29, 1.82) is 0 Å². The Kier molecular flexibility index (Phi) is 4.81. The minimum Gasteiger partial charge on any atom is -0.326 e. The first-order valence-electron chi connectivity index (χ1n) is 9.44. The highest BCUT2D eigenvalue weighted by Crippen LogP contribution is 2.41. The fourth-order valence-electron chi connectivity index (χ4n) is 3.63. The van der Waals surface area contributed by atoms with Crippen molar-refractivity contribution in [2.45, 2.75) is 31.1 Å². The van der Waals surface area contributed by atoms with Gasteiger partial charge in [0.25, 0.3) is 10.0 Å². The molecule has 4 rings (SSSR count). The van der Waals surface area contributed by atoms with E-state index in [9.17, 15) is 13.2 Å². The largest absolute Gasteiger partial charge is 0.326 e. The topological polar surface area (TPSA) is 66.5 Å². The second kappa shape index (κ2) is 7.28. The summed E-state index contributed by atoms with van der Waals surface area (Å²) in [5.74, 6) is -0.114. The first kappa shape index (κ1) is 18.5. The summed E-state index contributed by atoms with van der Waals surface area (Å²) in [5.41, 5.74) is 2.67. The van der Waals surface area contributed by atoms with Crippen molar-refractivity contribution in [3.05, 3.63) is 66.2 Å². The number of benzene rings is 3. The van der Waals surface area contributed by atoms with Gasteiger partial charge in [-0.3, -0.25) is 9.10 Å². The molecule has 3 aromatic rings. The Bertz CT molecular complexity index is 1130. The number of carbonyl (C=O) groups excluding carboxylic acids is 1. The van der Waals surface area contributed by atoms with E-state index < -0.39 is 10.0 Å². The zero-order valence-corrected chi connectivity index (χ0v) is 16.5. The summed E-state index contributed by atoms with van der Waals surface area (Å²) in [6, 6.07) is 18.7. The number of amides is 1. The van der Waals surface area contributed by atoms with E-state index in [0.717, 1.165) is 22.9 Å². The highest BCUT2D eigenvalue weighted by Gasteiger charge is 2.34. The molecule has 0 fully saturated rings. The van der Waals surface area contributed by atoms with Crippen LogP contribution in [0.4, 0.5) is 11.4 Å². The van der Waals surface area contributed by atoms with Gasteiger partial charge in [0.2, 0.25) is 5.91 Å². The van der Waals surface area contributed by atoms with E-state index in [1.807, 2.05) is 48.5 Å². The average Bonchev–Trinajstić information content (AvgIpc) is 2.92. The van der Waals surface area contributed by atoms with Crippen LogP contribution in [0.15, 0.2) is 65.6 Å². The van der Waals surface area contributed by atoms with Gasteiger partial charge in [0.1, 0.15) is 0 Å². The van der Waals surface area contributed by atoms with Crippen LogP contribution in [0.5, 0.6) is 0 Å². The zero-order valence-electron chi connectivity index (χ0n) is 15.7. The molecule has 0 saturated heterocycles. The maximum absolute atomic E-state index is 12.9. The van der Waals surface area contributed by atoms with Crippen LogP contribution in [0.25, 0.3) is 10.8 Å². The molecular formula is C22H22N2O3S. The fraction of sp³-hybridized carbons (Fsp3) is 0.227. The van der Waals surface area contributed by atoms with E-state index in [1.54, 1.807) is 12.1 Å². The van der Waals surface area contributed by atoms with Gasteiger partial charge in [-0.25, -0.2) is 8.42 Å². The van der Waals surface area contributed by atoms with Crippen molar-refractivity contribution in [3.63, 3.8) is 0 Å². The quantitative estimate of drug-likeness (QED) is 0.677. The molecule has 0 spiro atoms. The minimum absolute atomic E-state index is 0.114. The summed E-state index contributed by atoms with van der Waals surface area (Å²) in [7, 11) is -3.56. The lowest BCUT2D eigenvalue weighted by Crippen LogP contribution is -2.28. The van der Waals surface area contributed by atoms with Crippen LogP contribution in [0.2, 0.25) is 0 Å². The maximum atomic E-state index is 12.9.